The van der Waals surface area contributed by atoms with Gasteiger partial charge in [0.05, 0.1) is 34.3 Å². The summed E-state index contributed by atoms with van der Waals surface area (Å²) < 4.78 is 47.6. The van der Waals surface area contributed by atoms with Crippen LogP contribution in [0.1, 0.15) is 32.0 Å². The number of thiazole rings is 1. The first-order valence-electron chi connectivity index (χ1n) is 10.3. The highest BCUT2D eigenvalue weighted by Gasteiger charge is 2.45. The normalized spacial score (nSPS) is 16.1. The number of hydrogen-bond acceptors (Lipinski definition) is 7. The Morgan fingerprint density at radius 3 is 2.43 bits per heavy atom. The summed E-state index contributed by atoms with van der Waals surface area (Å²) in [5.41, 5.74) is 0.632. The molecular weight excluding hydrogens is 485 g/mol. The molecule has 1 aliphatic rings. The Hall–Kier alpha value is -3.86. The van der Waals surface area contributed by atoms with Gasteiger partial charge in [-0.1, -0.05) is 18.2 Å². The molecule has 0 saturated heterocycles. The number of rotatable bonds is 6. The van der Waals surface area contributed by atoms with Crippen LogP contribution in [0.3, 0.4) is 0 Å². The lowest BCUT2D eigenvalue weighted by Gasteiger charge is -2.27. The minimum atomic E-state index is -4.94. The van der Waals surface area contributed by atoms with E-state index in [4.69, 9.17) is 4.74 Å². The van der Waals surface area contributed by atoms with Crippen LogP contribution in [0.4, 0.5) is 18.9 Å². The molecule has 11 heteroatoms. The zero-order valence-corrected chi connectivity index (χ0v) is 19.5. The van der Waals surface area contributed by atoms with Crippen LogP contribution in [-0.2, 0) is 4.79 Å². The molecule has 1 N–H and O–H groups in total. The molecule has 0 aliphatic carbocycles. The van der Waals surface area contributed by atoms with Crippen molar-refractivity contribution in [2.45, 2.75) is 26.3 Å². The van der Waals surface area contributed by atoms with Crippen LogP contribution in [0.15, 0.2) is 59.9 Å². The van der Waals surface area contributed by atoms with Gasteiger partial charge in [-0.05, 0) is 43.7 Å². The highest BCUT2D eigenvalue weighted by molar-refractivity contribution is 7.14. The molecule has 0 fully saturated rings. The molecule has 2 heterocycles. The second kappa shape index (κ2) is 9.06. The van der Waals surface area contributed by atoms with E-state index in [9.17, 15) is 27.9 Å². The van der Waals surface area contributed by atoms with E-state index < -0.39 is 35.6 Å². The maximum atomic E-state index is 13.6. The van der Waals surface area contributed by atoms with Gasteiger partial charge in [-0.2, -0.15) is 0 Å². The number of carbonyl (C=O) groups is 2. The third-order valence-corrected chi connectivity index (χ3v) is 6.37. The number of halogens is 3. The van der Waals surface area contributed by atoms with Gasteiger partial charge < -0.3 is 14.6 Å². The van der Waals surface area contributed by atoms with Gasteiger partial charge in [-0.3, -0.25) is 14.5 Å². The summed E-state index contributed by atoms with van der Waals surface area (Å²) in [7, 11) is 1.44. The van der Waals surface area contributed by atoms with E-state index in [1.54, 1.807) is 38.1 Å². The van der Waals surface area contributed by atoms with Crippen molar-refractivity contribution in [3.63, 3.8) is 0 Å². The minimum absolute atomic E-state index is 0.00359. The molecule has 7 nitrogen and oxygen atoms in total. The number of ether oxygens (including phenoxy) is 2. The lowest BCUT2D eigenvalue weighted by Crippen LogP contribution is -2.31. The Labute approximate surface area is 202 Å². The third-order valence-electron chi connectivity index (χ3n) is 5.30. The van der Waals surface area contributed by atoms with Crippen LogP contribution < -0.4 is 14.4 Å². The number of carbonyl (C=O) groups excluding carboxylic acids is 2. The number of hydrogen-bond donors (Lipinski definition) is 1. The molecule has 0 radical (unpaired) electrons. The van der Waals surface area contributed by atoms with Gasteiger partial charge in [0.15, 0.2) is 5.76 Å². The Morgan fingerprint density at radius 1 is 1.11 bits per heavy atom. The summed E-state index contributed by atoms with van der Waals surface area (Å²) in [6.45, 7) is 3.36. The molecule has 4 rings (SSSR count). The molecular formula is C24H19F3N2O5S. The SMILES string of the molecule is COc1cccc(C2C(C(=O)c3sc(C)nc3C)=C(O)C(=O)N2c2cccc(OC(F)(F)F)c2)c1. The molecule has 0 spiro atoms. The van der Waals surface area contributed by atoms with Crippen molar-refractivity contribution in [2.24, 2.45) is 0 Å². The summed E-state index contributed by atoms with van der Waals surface area (Å²) in [4.78, 5) is 32.4. The minimum Gasteiger partial charge on any atom is -0.503 e. The number of alkyl halides is 3. The van der Waals surface area contributed by atoms with Crippen molar-refractivity contribution in [2.75, 3.05) is 12.0 Å². The molecule has 1 aromatic heterocycles. The predicted molar refractivity (Wildman–Crippen MR) is 122 cm³/mol. The quantitative estimate of drug-likeness (QED) is 0.449. The first-order chi connectivity index (χ1) is 16.5. The van der Waals surface area contributed by atoms with Gasteiger partial charge in [0.25, 0.3) is 5.91 Å². The molecule has 182 valence electrons. The van der Waals surface area contributed by atoms with E-state index in [1.807, 2.05) is 0 Å². The molecule has 0 bridgehead atoms. The second-order valence-corrected chi connectivity index (χ2v) is 8.84. The molecule has 3 aromatic rings. The molecule has 1 unspecified atom stereocenters. The predicted octanol–water partition coefficient (Wildman–Crippen LogP) is 5.45. The van der Waals surface area contributed by atoms with Crippen LogP contribution in [0.5, 0.6) is 11.5 Å². The van der Waals surface area contributed by atoms with Crippen molar-refractivity contribution in [1.82, 2.24) is 4.98 Å². The second-order valence-electron chi connectivity index (χ2n) is 7.64. The van der Waals surface area contributed by atoms with Crippen molar-refractivity contribution in [3.8, 4) is 11.5 Å². The number of ketones is 1. The van der Waals surface area contributed by atoms with Gasteiger partial charge in [-0.15, -0.1) is 24.5 Å². The van der Waals surface area contributed by atoms with Gasteiger partial charge >= 0.3 is 6.36 Å². The number of benzene rings is 2. The summed E-state index contributed by atoms with van der Waals surface area (Å²) in [6.07, 6.45) is -4.94. The fraction of sp³-hybridized carbons (Fsp3) is 0.208. The third kappa shape index (κ3) is 4.72. The molecule has 1 amide bonds. The van der Waals surface area contributed by atoms with Crippen LogP contribution in [0.2, 0.25) is 0 Å². The first-order valence-corrected chi connectivity index (χ1v) is 11.1. The van der Waals surface area contributed by atoms with E-state index >= 15 is 0 Å². The standard InChI is InChI=1S/C24H19F3N2O5S/c1-12-22(35-13(2)28-12)20(30)18-19(14-6-4-8-16(10-14)33-3)29(23(32)21(18)31)15-7-5-9-17(11-15)34-24(25,26)27/h4-11,19,31H,1-3H3. The number of anilines is 1. The number of methoxy groups -OCH3 is 1. The molecule has 2 aromatic carbocycles. The molecule has 1 atom stereocenters. The van der Waals surface area contributed by atoms with Crippen LogP contribution in [0.25, 0.3) is 0 Å². The Balaban J connectivity index is 1.87. The van der Waals surface area contributed by atoms with Gasteiger partial charge in [0, 0.05) is 11.8 Å². The topological polar surface area (TPSA) is 89.0 Å². The van der Waals surface area contributed by atoms with Gasteiger partial charge in [0.1, 0.15) is 11.5 Å². The first kappa shape index (κ1) is 24.3. The average molecular weight is 504 g/mol. The maximum absolute atomic E-state index is 13.6. The lowest BCUT2D eigenvalue weighted by molar-refractivity contribution is -0.274. The fourth-order valence-corrected chi connectivity index (χ4v) is 4.80. The molecule has 35 heavy (non-hydrogen) atoms. The highest BCUT2D eigenvalue weighted by Crippen LogP contribution is 2.44. The largest absolute Gasteiger partial charge is 0.573 e. The maximum Gasteiger partial charge on any atom is 0.573 e. The number of aliphatic hydroxyl groups is 1. The van der Waals surface area contributed by atoms with Gasteiger partial charge in [-0.25, -0.2) is 4.98 Å². The smallest absolute Gasteiger partial charge is 0.503 e. The number of aliphatic hydroxyl groups excluding tert-OH is 1. The van der Waals surface area contributed by atoms with Crippen LogP contribution >= 0.6 is 11.3 Å². The summed E-state index contributed by atoms with van der Waals surface area (Å²) in [5.74, 6) is -2.47. The number of nitrogens with zero attached hydrogens (tertiary/aromatic N) is 2. The molecule has 0 saturated carbocycles. The van der Waals surface area contributed by atoms with Crippen molar-refractivity contribution >= 4 is 28.7 Å². The number of amides is 1. The van der Waals surface area contributed by atoms with Crippen molar-refractivity contribution in [3.05, 3.63) is 81.0 Å². The van der Waals surface area contributed by atoms with E-state index in [1.165, 1.54) is 19.2 Å². The summed E-state index contributed by atoms with van der Waals surface area (Å²) >= 11 is 1.12. The molecule has 1 aliphatic heterocycles. The van der Waals surface area contributed by atoms with E-state index in [-0.39, 0.29) is 16.1 Å². The van der Waals surface area contributed by atoms with Crippen molar-refractivity contribution < 1.29 is 37.3 Å². The Kier molecular flexibility index (Phi) is 6.28. The summed E-state index contributed by atoms with van der Waals surface area (Å²) in [5, 5.41) is 11.5. The number of aromatic nitrogens is 1. The van der Waals surface area contributed by atoms with Crippen molar-refractivity contribution in [1.29, 1.82) is 0 Å². The van der Waals surface area contributed by atoms with E-state index in [2.05, 4.69) is 9.72 Å². The highest BCUT2D eigenvalue weighted by atomic mass is 32.1. The lowest BCUT2D eigenvalue weighted by atomic mass is 9.94. The van der Waals surface area contributed by atoms with Crippen LogP contribution in [0, 0.1) is 13.8 Å². The zero-order chi connectivity index (χ0) is 25.5. The van der Waals surface area contributed by atoms with Crippen LogP contribution in [-0.4, -0.2) is 35.3 Å². The number of Topliss-reactive ketones (excluding diaryl/α,β-unsaturated/α-hetero) is 1. The fourth-order valence-electron chi connectivity index (χ4n) is 3.93. The summed E-state index contributed by atoms with van der Waals surface area (Å²) in [6, 6.07) is 10.1. The van der Waals surface area contributed by atoms with E-state index in [0.29, 0.717) is 22.0 Å². The number of aryl methyl sites for hydroxylation is 2. The zero-order valence-electron chi connectivity index (χ0n) is 18.7. The Bertz CT molecular complexity index is 1350. The monoisotopic (exact) mass is 504 g/mol. The average Bonchev–Trinajstić information content (AvgIpc) is 3.27. The van der Waals surface area contributed by atoms with E-state index in [0.717, 1.165) is 28.4 Å². The van der Waals surface area contributed by atoms with Gasteiger partial charge in [0.2, 0.25) is 5.78 Å². The Morgan fingerprint density at radius 2 is 1.80 bits per heavy atom.